The van der Waals surface area contributed by atoms with Gasteiger partial charge < -0.3 is 4.43 Å². The van der Waals surface area contributed by atoms with Crippen LogP contribution in [0.15, 0.2) is 36.4 Å². The van der Waals surface area contributed by atoms with Crippen LogP contribution in [0.4, 0.5) is 8.78 Å². The van der Waals surface area contributed by atoms with Crippen LogP contribution in [0.5, 0.6) is 0 Å². The van der Waals surface area contributed by atoms with Gasteiger partial charge in [0.25, 0.3) is 8.32 Å². The zero-order valence-electron chi connectivity index (χ0n) is 11.2. The lowest BCUT2D eigenvalue weighted by Crippen LogP contribution is -2.35. The van der Waals surface area contributed by atoms with Gasteiger partial charge in [-0.3, -0.25) is 0 Å². The lowest BCUT2D eigenvalue weighted by atomic mass is 10.2. The highest BCUT2D eigenvalue weighted by Crippen LogP contribution is 2.31. The largest absolute Gasteiger partial charge is 0.540 e. The fraction of sp³-hybridized carbons (Fsp3) is 0.429. The zero-order chi connectivity index (χ0) is 13.6. The molecule has 1 nitrogen and oxygen atoms in total. The lowest BCUT2D eigenvalue weighted by molar-refractivity contribution is 0.379. The van der Waals surface area contributed by atoms with Crippen molar-refractivity contribution in [2.24, 2.45) is 0 Å². The Morgan fingerprint density at radius 1 is 1.00 bits per heavy atom. The SMILES string of the molecule is CC[Si](CC)(CC)OC(=C(F)F)c1ccccc1. The normalized spacial score (nSPS) is 11.2. The van der Waals surface area contributed by atoms with Gasteiger partial charge in [-0.2, -0.15) is 8.78 Å². The second kappa shape index (κ2) is 6.68. The molecule has 0 unspecified atom stereocenters. The van der Waals surface area contributed by atoms with Crippen LogP contribution in [0.3, 0.4) is 0 Å². The van der Waals surface area contributed by atoms with Crippen LogP contribution in [0, 0.1) is 0 Å². The second-order valence-electron chi connectivity index (χ2n) is 4.30. The molecule has 100 valence electrons. The van der Waals surface area contributed by atoms with Crippen molar-refractivity contribution < 1.29 is 13.2 Å². The topological polar surface area (TPSA) is 9.23 Å². The highest BCUT2D eigenvalue weighted by Gasteiger charge is 2.33. The van der Waals surface area contributed by atoms with Crippen LogP contribution in [0.25, 0.3) is 5.76 Å². The third kappa shape index (κ3) is 3.42. The molecular formula is C14H20F2OSi. The van der Waals surface area contributed by atoms with Crippen LogP contribution < -0.4 is 0 Å². The molecule has 0 radical (unpaired) electrons. The summed E-state index contributed by atoms with van der Waals surface area (Å²) in [5, 5.41) is 0. The Hall–Kier alpha value is -1.16. The Labute approximate surface area is 109 Å². The summed E-state index contributed by atoms with van der Waals surface area (Å²) in [5.74, 6) is -0.229. The van der Waals surface area contributed by atoms with E-state index >= 15 is 0 Å². The molecule has 0 amide bonds. The van der Waals surface area contributed by atoms with Crippen molar-refractivity contribution in [1.82, 2.24) is 0 Å². The van der Waals surface area contributed by atoms with Crippen molar-refractivity contribution in [3.8, 4) is 0 Å². The van der Waals surface area contributed by atoms with Gasteiger partial charge in [0.15, 0.2) is 5.76 Å². The van der Waals surface area contributed by atoms with E-state index in [2.05, 4.69) is 0 Å². The predicted molar refractivity (Wildman–Crippen MR) is 73.9 cm³/mol. The monoisotopic (exact) mass is 270 g/mol. The highest BCUT2D eigenvalue weighted by atomic mass is 28.4. The summed E-state index contributed by atoms with van der Waals surface area (Å²) < 4.78 is 32.0. The van der Waals surface area contributed by atoms with E-state index in [1.165, 1.54) is 0 Å². The first kappa shape index (κ1) is 14.9. The van der Waals surface area contributed by atoms with E-state index in [0.717, 1.165) is 18.1 Å². The Kier molecular flexibility index (Phi) is 5.53. The third-order valence-corrected chi connectivity index (χ3v) is 7.96. The molecule has 0 aliphatic rings. The second-order valence-corrected chi connectivity index (χ2v) is 8.99. The van der Waals surface area contributed by atoms with Crippen LogP contribution in [-0.4, -0.2) is 8.32 Å². The van der Waals surface area contributed by atoms with Crippen molar-refractivity contribution >= 4 is 14.1 Å². The fourth-order valence-electron chi connectivity index (χ4n) is 1.98. The van der Waals surface area contributed by atoms with Gasteiger partial charge in [0.2, 0.25) is 0 Å². The van der Waals surface area contributed by atoms with E-state index < -0.39 is 14.4 Å². The number of hydrogen-bond donors (Lipinski definition) is 0. The number of benzene rings is 1. The first-order valence-corrected chi connectivity index (χ1v) is 8.91. The van der Waals surface area contributed by atoms with Gasteiger partial charge in [0.1, 0.15) is 0 Å². The molecule has 0 spiro atoms. The van der Waals surface area contributed by atoms with Crippen LogP contribution in [-0.2, 0) is 4.43 Å². The molecule has 0 aromatic heterocycles. The average Bonchev–Trinajstić information content (AvgIpc) is 2.42. The third-order valence-electron chi connectivity index (χ3n) is 3.46. The van der Waals surface area contributed by atoms with Gasteiger partial charge in [-0.05, 0) is 18.1 Å². The molecule has 0 aliphatic carbocycles. The number of rotatable bonds is 6. The molecule has 0 fully saturated rings. The van der Waals surface area contributed by atoms with Crippen molar-refractivity contribution in [3.05, 3.63) is 42.0 Å². The molecule has 1 rings (SSSR count). The number of halogens is 2. The van der Waals surface area contributed by atoms with E-state index in [4.69, 9.17) is 4.43 Å². The zero-order valence-corrected chi connectivity index (χ0v) is 12.2. The molecule has 18 heavy (non-hydrogen) atoms. The van der Waals surface area contributed by atoms with Crippen molar-refractivity contribution in [2.75, 3.05) is 0 Å². The van der Waals surface area contributed by atoms with Gasteiger partial charge in [-0.25, -0.2) is 0 Å². The van der Waals surface area contributed by atoms with E-state index in [9.17, 15) is 8.78 Å². The molecule has 1 aromatic carbocycles. The van der Waals surface area contributed by atoms with Crippen molar-refractivity contribution in [3.63, 3.8) is 0 Å². The van der Waals surface area contributed by atoms with E-state index in [1.807, 2.05) is 20.8 Å². The molecule has 4 heteroatoms. The molecule has 0 aliphatic heterocycles. The Morgan fingerprint density at radius 2 is 1.50 bits per heavy atom. The summed E-state index contributed by atoms with van der Waals surface area (Å²) in [6, 6.07) is 11.2. The highest BCUT2D eigenvalue weighted by molar-refractivity contribution is 6.74. The van der Waals surface area contributed by atoms with Gasteiger partial charge in [-0.1, -0.05) is 51.1 Å². The maximum Gasteiger partial charge on any atom is 0.311 e. The van der Waals surface area contributed by atoms with Gasteiger partial charge in [0, 0.05) is 5.56 Å². The first-order valence-electron chi connectivity index (χ1n) is 6.38. The average molecular weight is 270 g/mol. The van der Waals surface area contributed by atoms with E-state index in [0.29, 0.717) is 5.56 Å². The Balaban J connectivity index is 3.07. The van der Waals surface area contributed by atoms with Crippen LogP contribution in [0.1, 0.15) is 26.3 Å². The molecular weight excluding hydrogens is 250 g/mol. The lowest BCUT2D eigenvalue weighted by Gasteiger charge is -2.30. The van der Waals surface area contributed by atoms with Crippen molar-refractivity contribution in [1.29, 1.82) is 0 Å². The summed E-state index contributed by atoms with van der Waals surface area (Å²) >= 11 is 0. The predicted octanol–water partition coefficient (Wildman–Crippen LogP) is 5.27. The summed E-state index contributed by atoms with van der Waals surface area (Å²) in [4.78, 5) is 0. The maximum atomic E-state index is 13.1. The minimum absolute atomic E-state index is 0.229. The first-order chi connectivity index (χ1) is 8.58. The summed E-state index contributed by atoms with van der Waals surface area (Å²) in [6.45, 7) is 6.08. The number of hydrogen-bond acceptors (Lipinski definition) is 1. The van der Waals surface area contributed by atoms with Crippen LogP contribution >= 0.6 is 0 Å². The standard InChI is InChI=1S/C14H20F2OSi/c1-4-18(5-2,6-3)17-13(14(15)16)12-10-8-7-9-11-12/h7-11H,4-6H2,1-3H3. The molecule has 0 saturated heterocycles. The van der Waals surface area contributed by atoms with Gasteiger partial charge >= 0.3 is 6.08 Å². The minimum Gasteiger partial charge on any atom is -0.540 e. The maximum absolute atomic E-state index is 13.1. The summed E-state index contributed by atoms with van der Waals surface area (Å²) in [6.07, 6.45) is -1.73. The van der Waals surface area contributed by atoms with Gasteiger partial charge in [0.05, 0.1) is 0 Å². The molecule has 1 aromatic rings. The fourth-order valence-corrected chi connectivity index (χ4v) is 4.54. The minimum atomic E-state index is -2.06. The Morgan fingerprint density at radius 3 is 1.89 bits per heavy atom. The molecule has 0 heterocycles. The van der Waals surface area contributed by atoms with E-state index in [-0.39, 0.29) is 5.76 Å². The quantitative estimate of drug-likeness (QED) is 0.505. The molecule has 0 bridgehead atoms. The molecule has 0 atom stereocenters. The molecule has 0 N–H and O–H groups in total. The van der Waals surface area contributed by atoms with Crippen LogP contribution in [0.2, 0.25) is 18.1 Å². The molecule has 0 saturated carbocycles. The van der Waals surface area contributed by atoms with E-state index in [1.54, 1.807) is 30.3 Å². The smallest absolute Gasteiger partial charge is 0.311 e. The Bertz CT molecular complexity index is 387. The van der Waals surface area contributed by atoms with Gasteiger partial charge in [-0.15, -0.1) is 0 Å². The summed E-state index contributed by atoms with van der Waals surface area (Å²) in [5.41, 5.74) is 0.463. The summed E-state index contributed by atoms with van der Waals surface area (Å²) in [7, 11) is -2.06. The van der Waals surface area contributed by atoms with Crippen molar-refractivity contribution in [2.45, 2.75) is 38.9 Å².